The van der Waals surface area contributed by atoms with E-state index in [-0.39, 0.29) is 12.2 Å². The highest BCUT2D eigenvalue weighted by atomic mass is 79.9. The summed E-state index contributed by atoms with van der Waals surface area (Å²) in [7, 11) is 1.82. The van der Waals surface area contributed by atoms with Gasteiger partial charge in [-0.15, -0.1) is 5.10 Å². The van der Waals surface area contributed by atoms with E-state index >= 15 is 0 Å². The molecule has 4 rings (SSSR count). The predicted molar refractivity (Wildman–Crippen MR) is 103 cm³/mol. The number of nitrogens with zero attached hydrogens (tertiary/aromatic N) is 4. The fourth-order valence-corrected chi connectivity index (χ4v) is 3.50. The molecule has 1 aromatic carbocycles. The van der Waals surface area contributed by atoms with Gasteiger partial charge in [-0.25, -0.2) is 4.68 Å². The van der Waals surface area contributed by atoms with E-state index in [9.17, 15) is 0 Å². The smallest absolute Gasteiger partial charge is 0.242 e. The Morgan fingerprint density at radius 2 is 2.24 bits per heavy atom. The maximum Gasteiger partial charge on any atom is 0.242 e. The zero-order chi connectivity index (χ0) is 17.6. The lowest BCUT2D eigenvalue weighted by molar-refractivity contribution is 0.267. The van der Waals surface area contributed by atoms with E-state index in [0.717, 1.165) is 33.9 Å². The van der Waals surface area contributed by atoms with Crippen LogP contribution in [0.4, 0.5) is 17.3 Å². The molecule has 2 aromatic rings. The third-order valence-corrected chi connectivity index (χ3v) is 4.86. The van der Waals surface area contributed by atoms with Crippen LogP contribution in [0.5, 0.6) is 0 Å². The third kappa shape index (κ3) is 2.84. The van der Waals surface area contributed by atoms with Gasteiger partial charge in [-0.3, -0.25) is 0 Å². The van der Waals surface area contributed by atoms with Crippen LogP contribution in [0.15, 0.2) is 28.9 Å². The quantitative estimate of drug-likeness (QED) is 0.813. The molecule has 2 aliphatic rings. The summed E-state index contributed by atoms with van der Waals surface area (Å²) in [5, 5.41) is 11.1. The Balaban J connectivity index is 1.78. The summed E-state index contributed by atoms with van der Waals surface area (Å²) in [6.45, 7) is 4.79. The molecule has 7 nitrogen and oxygen atoms in total. The Kier molecular flexibility index (Phi) is 4.07. The van der Waals surface area contributed by atoms with Crippen molar-refractivity contribution in [3.8, 4) is 0 Å². The number of rotatable bonds is 3. The standard InChI is InChI=1S/C17H21BrN6O/c1-10(2)24-16(21-17(19-3)22-24)14-9-23-13-8-11(18)4-5-12(13)20-15(23)6-7-25-14/h4-5,8-10,15,20H,6-7H2,1-3H3,(H,19,22). The van der Waals surface area contributed by atoms with Gasteiger partial charge in [-0.05, 0) is 32.0 Å². The minimum Gasteiger partial charge on any atom is -0.488 e. The highest BCUT2D eigenvalue weighted by Gasteiger charge is 2.31. The minimum absolute atomic E-state index is 0.181. The molecule has 0 amide bonds. The molecule has 132 valence electrons. The average Bonchev–Trinajstić information content (AvgIpc) is 3.10. The zero-order valence-electron chi connectivity index (χ0n) is 14.5. The van der Waals surface area contributed by atoms with Gasteiger partial charge in [0.25, 0.3) is 0 Å². The van der Waals surface area contributed by atoms with Crippen LogP contribution in [0.3, 0.4) is 0 Å². The topological polar surface area (TPSA) is 67.2 Å². The van der Waals surface area contributed by atoms with E-state index in [1.165, 1.54) is 0 Å². The van der Waals surface area contributed by atoms with Gasteiger partial charge in [0.1, 0.15) is 6.17 Å². The first-order chi connectivity index (χ1) is 12.1. The van der Waals surface area contributed by atoms with Gasteiger partial charge >= 0.3 is 0 Å². The molecule has 0 saturated heterocycles. The van der Waals surface area contributed by atoms with Crippen LogP contribution in [-0.2, 0) is 4.74 Å². The molecule has 2 aliphatic heterocycles. The van der Waals surface area contributed by atoms with Crippen molar-refractivity contribution in [3.63, 3.8) is 0 Å². The molecule has 0 fully saturated rings. The van der Waals surface area contributed by atoms with Crippen molar-refractivity contribution in [1.82, 2.24) is 14.8 Å². The van der Waals surface area contributed by atoms with Crippen LogP contribution in [0.1, 0.15) is 32.1 Å². The summed E-state index contributed by atoms with van der Waals surface area (Å²) in [6, 6.07) is 6.45. The van der Waals surface area contributed by atoms with Crippen LogP contribution in [0.2, 0.25) is 0 Å². The SMILES string of the molecule is CNc1nc(C2=CN3c4cc(Br)ccc4NC3CCO2)n(C(C)C)n1. The fourth-order valence-electron chi connectivity index (χ4n) is 3.15. The van der Waals surface area contributed by atoms with Crippen LogP contribution in [-0.4, -0.2) is 34.6 Å². The lowest BCUT2D eigenvalue weighted by Crippen LogP contribution is -2.31. The first kappa shape index (κ1) is 16.3. The number of aromatic nitrogens is 3. The first-order valence-electron chi connectivity index (χ1n) is 8.40. The molecule has 0 radical (unpaired) electrons. The van der Waals surface area contributed by atoms with E-state index in [4.69, 9.17) is 4.74 Å². The Morgan fingerprint density at radius 3 is 3.00 bits per heavy atom. The van der Waals surface area contributed by atoms with Gasteiger partial charge in [0, 0.05) is 24.0 Å². The van der Waals surface area contributed by atoms with E-state index in [1.54, 1.807) is 0 Å². The summed E-state index contributed by atoms with van der Waals surface area (Å²) in [5.41, 5.74) is 2.26. The molecule has 1 unspecified atom stereocenters. The van der Waals surface area contributed by atoms with Gasteiger partial charge in [-0.2, -0.15) is 4.98 Å². The molecule has 3 heterocycles. The van der Waals surface area contributed by atoms with Crippen LogP contribution in [0.25, 0.3) is 5.76 Å². The molecular formula is C17H21BrN6O. The molecule has 2 N–H and O–H groups in total. The van der Waals surface area contributed by atoms with Crippen molar-refractivity contribution < 1.29 is 4.74 Å². The fraction of sp³-hybridized carbons (Fsp3) is 0.412. The van der Waals surface area contributed by atoms with Crippen molar-refractivity contribution >= 4 is 39.0 Å². The molecule has 0 spiro atoms. The number of benzene rings is 1. The highest BCUT2D eigenvalue weighted by Crippen LogP contribution is 2.40. The van der Waals surface area contributed by atoms with Gasteiger partial charge < -0.3 is 20.3 Å². The Labute approximate surface area is 155 Å². The number of anilines is 3. The Morgan fingerprint density at radius 1 is 1.40 bits per heavy atom. The molecule has 0 saturated carbocycles. The number of nitrogens with one attached hydrogen (secondary N) is 2. The molecule has 1 aromatic heterocycles. The second kappa shape index (κ2) is 6.25. The summed E-state index contributed by atoms with van der Waals surface area (Å²) >= 11 is 3.56. The lowest BCUT2D eigenvalue weighted by Gasteiger charge is -2.20. The summed E-state index contributed by atoms with van der Waals surface area (Å²) in [4.78, 5) is 6.82. The summed E-state index contributed by atoms with van der Waals surface area (Å²) < 4.78 is 8.98. The van der Waals surface area contributed by atoms with Crippen molar-refractivity contribution in [2.24, 2.45) is 0 Å². The molecule has 8 heteroatoms. The van der Waals surface area contributed by atoms with Crippen LogP contribution in [0, 0.1) is 0 Å². The zero-order valence-corrected chi connectivity index (χ0v) is 16.0. The average molecular weight is 405 g/mol. The maximum atomic E-state index is 6.04. The third-order valence-electron chi connectivity index (χ3n) is 4.37. The van der Waals surface area contributed by atoms with Crippen LogP contribution >= 0.6 is 15.9 Å². The van der Waals surface area contributed by atoms with Gasteiger partial charge in [0.2, 0.25) is 5.95 Å². The predicted octanol–water partition coefficient (Wildman–Crippen LogP) is 3.64. The first-order valence-corrected chi connectivity index (χ1v) is 9.20. The van der Waals surface area contributed by atoms with Crippen molar-refractivity contribution in [3.05, 3.63) is 34.7 Å². The van der Waals surface area contributed by atoms with Gasteiger partial charge in [0.05, 0.1) is 24.2 Å². The van der Waals surface area contributed by atoms with Gasteiger partial charge in [-0.1, -0.05) is 15.9 Å². The molecule has 0 aliphatic carbocycles. The molecule has 1 atom stereocenters. The largest absolute Gasteiger partial charge is 0.488 e. The molecule has 0 bridgehead atoms. The van der Waals surface area contributed by atoms with Crippen molar-refractivity contribution in [2.75, 3.05) is 29.2 Å². The summed E-state index contributed by atoms with van der Waals surface area (Å²) in [5.74, 6) is 2.07. The number of ether oxygens (including phenoxy) is 1. The minimum atomic E-state index is 0.181. The second-order valence-corrected chi connectivity index (χ2v) is 7.32. The molecule has 25 heavy (non-hydrogen) atoms. The van der Waals surface area contributed by atoms with E-state index in [1.807, 2.05) is 24.0 Å². The Hall–Kier alpha value is -2.22. The van der Waals surface area contributed by atoms with Crippen molar-refractivity contribution in [1.29, 1.82) is 0 Å². The number of hydrogen-bond donors (Lipinski definition) is 2. The number of hydrogen-bond acceptors (Lipinski definition) is 6. The van der Waals surface area contributed by atoms with Gasteiger partial charge in [0.15, 0.2) is 11.6 Å². The monoisotopic (exact) mass is 404 g/mol. The number of halogens is 1. The van der Waals surface area contributed by atoms with Crippen LogP contribution < -0.4 is 15.5 Å². The van der Waals surface area contributed by atoms with Crippen molar-refractivity contribution in [2.45, 2.75) is 32.5 Å². The molecular weight excluding hydrogens is 384 g/mol. The highest BCUT2D eigenvalue weighted by molar-refractivity contribution is 9.10. The normalized spacial score (nSPS) is 18.8. The second-order valence-electron chi connectivity index (χ2n) is 6.41. The lowest BCUT2D eigenvalue weighted by atomic mass is 10.2. The Bertz CT molecular complexity index is 831. The van der Waals surface area contributed by atoms with E-state index < -0.39 is 0 Å². The van der Waals surface area contributed by atoms with E-state index in [2.05, 4.69) is 67.5 Å². The maximum absolute atomic E-state index is 6.04. The number of fused-ring (bicyclic) bond motifs is 3. The van der Waals surface area contributed by atoms with E-state index in [0.29, 0.717) is 12.6 Å². The summed E-state index contributed by atoms with van der Waals surface area (Å²) in [6.07, 6.45) is 3.09.